The van der Waals surface area contributed by atoms with Crippen LogP contribution in [-0.4, -0.2) is 25.0 Å². The smallest absolute Gasteiger partial charge is 0.336 e. The summed E-state index contributed by atoms with van der Waals surface area (Å²) in [6.45, 7) is 5.24. The van der Waals surface area contributed by atoms with Gasteiger partial charge >= 0.3 is 11.6 Å². The summed E-state index contributed by atoms with van der Waals surface area (Å²) >= 11 is 6.21. The normalized spacial score (nSPS) is 11.9. The van der Waals surface area contributed by atoms with Crippen molar-refractivity contribution in [1.82, 2.24) is 5.32 Å². The Morgan fingerprint density at radius 1 is 1.12 bits per heavy atom. The van der Waals surface area contributed by atoms with Crippen molar-refractivity contribution in [2.75, 3.05) is 7.11 Å². The second kappa shape index (κ2) is 9.87. The average Bonchev–Trinajstić information content (AvgIpc) is 2.76. The van der Waals surface area contributed by atoms with Crippen molar-refractivity contribution in [2.45, 2.75) is 33.4 Å². The number of methoxy groups -OCH3 is 1. The molecular formula is C24H24ClNO6. The van der Waals surface area contributed by atoms with E-state index in [2.05, 4.69) is 5.32 Å². The van der Waals surface area contributed by atoms with Gasteiger partial charge in [0.05, 0.1) is 7.11 Å². The van der Waals surface area contributed by atoms with Gasteiger partial charge < -0.3 is 19.2 Å². The summed E-state index contributed by atoms with van der Waals surface area (Å²) in [5.74, 6) is -0.617. The fourth-order valence-electron chi connectivity index (χ4n) is 3.17. The number of fused-ring (bicyclic) bond motifs is 1. The van der Waals surface area contributed by atoms with E-state index in [0.717, 1.165) is 5.56 Å². The van der Waals surface area contributed by atoms with Crippen LogP contribution in [0, 0.1) is 12.8 Å². The monoisotopic (exact) mass is 457 g/mol. The van der Waals surface area contributed by atoms with Gasteiger partial charge in [0.15, 0.2) is 0 Å². The second-order valence-electron chi connectivity index (χ2n) is 7.72. The van der Waals surface area contributed by atoms with Crippen LogP contribution in [0.5, 0.6) is 5.75 Å². The minimum atomic E-state index is -0.873. The van der Waals surface area contributed by atoms with E-state index in [9.17, 15) is 14.4 Å². The number of benzene rings is 2. The van der Waals surface area contributed by atoms with Gasteiger partial charge in [0.1, 0.15) is 24.0 Å². The standard InChI is InChI=1S/C24H24ClNO6/c1-13(2)22(26-23(28)15-5-7-17(30-4)8-6-15)24(29)31-12-16-10-21(27)32-20-9-14(3)19(25)11-18(16)20/h5-11,13,22H,12H2,1-4H3,(H,26,28)/t22-/m1/s1. The molecule has 32 heavy (non-hydrogen) atoms. The fraction of sp³-hybridized carbons (Fsp3) is 0.292. The molecule has 0 unspecified atom stereocenters. The molecule has 1 atom stereocenters. The number of hydrogen-bond acceptors (Lipinski definition) is 6. The van der Waals surface area contributed by atoms with Crippen LogP contribution in [0.3, 0.4) is 0 Å². The molecule has 3 aromatic rings. The molecule has 1 N–H and O–H groups in total. The highest BCUT2D eigenvalue weighted by Crippen LogP contribution is 2.25. The molecule has 0 fully saturated rings. The molecule has 0 radical (unpaired) electrons. The Morgan fingerprint density at radius 2 is 1.81 bits per heavy atom. The van der Waals surface area contributed by atoms with Gasteiger partial charge in [0.25, 0.3) is 5.91 Å². The minimum absolute atomic E-state index is 0.165. The predicted molar refractivity (Wildman–Crippen MR) is 121 cm³/mol. The quantitative estimate of drug-likeness (QED) is 0.420. The molecule has 0 saturated heterocycles. The lowest BCUT2D eigenvalue weighted by Gasteiger charge is -2.21. The van der Waals surface area contributed by atoms with Crippen LogP contribution in [0.1, 0.15) is 35.3 Å². The van der Waals surface area contributed by atoms with Crippen molar-refractivity contribution < 1.29 is 23.5 Å². The lowest BCUT2D eigenvalue weighted by molar-refractivity contribution is -0.148. The Bertz CT molecular complexity index is 1200. The Balaban J connectivity index is 1.76. The topological polar surface area (TPSA) is 94.8 Å². The predicted octanol–water partition coefficient (Wildman–Crippen LogP) is 4.26. The maximum Gasteiger partial charge on any atom is 0.336 e. The summed E-state index contributed by atoms with van der Waals surface area (Å²) in [4.78, 5) is 37.3. The number of hydrogen-bond donors (Lipinski definition) is 1. The Kier molecular flexibility index (Phi) is 7.20. The SMILES string of the molecule is COc1ccc(C(=O)N[C@@H](C(=O)OCc2cc(=O)oc3cc(C)c(Cl)cc23)C(C)C)cc1. The van der Waals surface area contributed by atoms with Crippen LogP contribution in [0.25, 0.3) is 11.0 Å². The maximum atomic E-state index is 12.8. The molecule has 0 bridgehead atoms. The fourth-order valence-corrected chi connectivity index (χ4v) is 3.33. The third-order valence-electron chi connectivity index (χ3n) is 5.04. The summed E-state index contributed by atoms with van der Waals surface area (Å²) in [7, 11) is 1.54. The molecule has 7 nitrogen and oxygen atoms in total. The van der Waals surface area contributed by atoms with Crippen LogP contribution < -0.4 is 15.7 Å². The largest absolute Gasteiger partial charge is 0.497 e. The maximum absolute atomic E-state index is 12.8. The number of rotatable bonds is 7. The van der Waals surface area contributed by atoms with Gasteiger partial charge in [0.2, 0.25) is 0 Å². The number of ether oxygens (including phenoxy) is 2. The summed E-state index contributed by atoms with van der Waals surface area (Å²) in [6, 6.07) is 10.3. The number of carbonyl (C=O) groups is 2. The summed E-state index contributed by atoms with van der Waals surface area (Å²) < 4.78 is 15.8. The zero-order valence-corrected chi connectivity index (χ0v) is 19.0. The van der Waals surface area contributed by atoms with Crippen LogP contribution >= 0.6 is 11.6 Å². The van der Waals surface area contributed by atoms with E-state index in [-0.39, 0.29) is 12.5 Å². The van der Waals surface area contributed by atoms with Gasteiger partial charge in [-0.25, -0.2) is 9.59 Å². The lowest BCUT2D eigenvalue weighted by Crippen LogP contribution is -2.45. The first-order chi connectivity index (χ1) is 15.2. The van der Waals surface area contributed by atoms with Crippen LogP contribution in [0.2, 0.25) is 5.02 Å². The van der Waals surface area contributed by atoms with E-state index in [1.807, 2.05) is 0 Å². The van der Waals surface area contributed by atoms with Crippen molar-refractivity contribution in [2.24, 2.45) is 5.92 Å². The van der Waals surface area contributed by atoms with Gasteiger partial charge in [0, 0.05) is 27.6 Å². The first-order valence-electron chi connectivity index (χ1n) is 10.0. The van der Waals surface area contributed by atoms with Crippen LogP contribution in [0.15, 0.2) is 51.7 Å². The molecule has 0 aliphatic rings. The van der Waals surface area contributed by atoms with Gasteiger partial charge in [-0.15, -0.1) is 0 Å². The van der Waals surface area contributed by atoms with E-state index in [0.29, 0.717) is 32.9 Å². The van der Waals surface area contributed by atoms with Gasteiger partial charge in [-0.3, -0.25) is 4.79 Å². The highest BCUT2D eigenvalue weighted by Gasteiger charge is 2.26. The zero-order chi connectivity index (χ0) is 23.4. The van der Waals surface area contributed by atoms with Crippen molar-refractivity contribution in [3.8, 4) is 5.75 Å². The minimum Gasteiger partial charge on any atom is -0.497 e. The number of amides is 1. The summed E-state index contributed by atoms with van der Waals surface area (Å²) in [5, 5.41) is 3.80. The van der Waals surface area contributed by atoms with E-state index >= 15 is 0 Å². The third kappa shape index (κ3) is 5.29. The number of halogens is 1. The van der Waals surface area contributed by atoms with E-state index in [1.54, 1.807) is 57.2 Å². The van der Waals surface area contributed by atoms with Gasteiger partial charge in [-0.1, -0.05) is 25.4 Å². The zero-order valence-electron chi connectivity index (χ0n) is 18.2. The molecule has 1 amide bonds. The third-order valence-corrected chi connectivity index (χ3v) is 5.45. The summed E-state index contributed by atoms with van der Waals surface area (Å²) in [6.07, 6.45) is 0. The van der Waals surface area contributed by atoms with Crippen LogP contribution in [0.4, 0.5) is 0 Å². The first kappa shape index (κ1) is 23.3. The number of carbonyl (C=O) groups excluding carboxylic acids is 2. The van der Waals surface area contributed by atoms with Crippen molar-refractivity contribution in [3.63, 3.8) is 0 Å². The molecule has 8 heteroatoms. The van der Waals surface area contributed by atoms with Crippen LogP contribution in [-0.2, 0) is 16.1 Å². The van der Waals surface area contributed by atoms with Crippen molar-refractivity contribution in [3.05, 3.63) is 74.6 Å². The van der Waals surface area contributed by atoms with Gasteiger partial charge in [-0.2, -0.15) is 0 Å². The molecular weight excluding hydrogens is 434 g/mol. The molecule has 168 valence electrons. The molecule has 3 rings (SSSR count). The van der Waals surface area contributed by atoms with Gasteiger partial charge in [-0.05, 0) is 54.8 Å². The first-order valence-corrected chi connectivity index (χ1v) is 10.4. The molecule has 0 aliphatic heterocycles. The van der Waals surface area contributed by atoms with Crippen molar-refractivity contribution >= 4 is 34.4 Å². The highest BCUT2D eigenvalue weighted by molar-refractivity contribution is 6.32. The Labute approximate surface area is 190 Å². The molecule has 1 heterocycles. The molecule has 0 spiro atoms. The molecule has 0 saturated carbocycles. The van der Waals surface area contributed by atoms with E-state index < -0.39 is 23.5 Å². The van der Waals surface area contributed by atoms with E-state index in [1.165, 1.54) is 13.2 Å². The summed E-state index contributed by atoms with van der Waals surface area (Å²) in [5.41, 5.74) is 1.42. The van der Waals surface area contributed by atoms with E-state index in [4.69, 9.17) is 25.5 Å². The van der Waals surface area contributed by atoms with Crippen molar-refractivity contribution in [1.29, 1.82) is 0 Å². The molecule has 0 aliphatic carbocycles. The Morgan fingerprint density at radius 3 is 2.44 bits per heavy atom. The highest BCUT2D eigenvalue weighted by atomic mass is 35.5. The number of aryl methyl sites for hydroxylation is 1. The second-order valence-corrected chi connectivity index (χ2v) is 8.13. The molecule has 2 aromatic carbocycles. The number of esters is 1. The lowest BCUT2D eigenvalue weighted by atomic mass is 10.0. The number of nitrogens with one attached hydrogen (secondary N) is 1. The Hall–Kier alpha value is -3.32. The average molecular weight is 458 g/mol. The molecule has 1 aromatic heterocycles.